The van der Waals surface area contributed by atoms with E-state index in [0.717, 1.165) is 36.1 Å². The van der Waals surface area contributed by atoms with Crippen LogP contribution in [-0.2, 0) is 9.84 Å². The van der Waals surface area contributed by atoms with Gasteiger partial charge in [-0.05, 0) is 44.1 Å². The van der Waals surface area contributed by atoms with Crippen molar-refractivity contribution < 1.29 is 8.42 Å². The SMILES string of the molecule is CN(c1ncnc2[nH]ccc12)[C@H]1C[C@@H](CS(=O)(=O)[C@@H]2CCC(C#N)C2)C1. The van der Waals surface area contributed by atoms with Gasteiger partial charge in [-0.2, -0.15) is 5.26 Å². The molecule has 2 saturated carbocycles. The van der Waals surface area contributed by atoms with Gasteiger partial charge in [-0.3, -0.25) is 0 Å². The number of fused-ring (bicyclic) bond motifs is 1. The number of rotatable bonds is 5. The Hall–Kier alpha value is -2.14. The molecule has 0 spiro atoms. The molecule has 4 rings (SSSR count). The molecule has 2 heterocycles. The molecule has 0 amide bonds. The molecule has 0 bridgehead atoms. The lowest BCUT2D eigenvalue weighted by Gasteiger charge is -2.42. The van der Waals surface area contributed by atoms with Crippen molar-refractivity contribution in [2.45, 2.75) is 43.4 Å². The smallest absolute Gasteiger partial charge is 0.153 e. The Morgan fingerprint density at radius 2 is 2.12 bits per heavy atom. The van der Waals surface area contributed by atoms with E-state index in [-0.39, 0.29) is 22.8 Å². The number of nitrogens with one attached hydrogen (secondary N) is 1. The highest BCUT2D eigenvalue weighted by Crippen LogP contribution is 2.38. The van der Waals surface area contributed by atoms with Crippen molar-refractivity contribution in [3.63, 3.8) is 0 Å². The van der Waals surface area contributed by atoms with Crippen molar-refractivity contribution in [3.8, 4) is 6.07 Å². The van der Waals surface area contributed by atoms with Gasteiger partial charge in [0.2, 0.25) is 0 Å². The summed E-state index contributed by atoms with van der Waals surface area (Å²) < 4.78 is 25.3. The molecule has 7 nitrogen and oxygen atoms in total. The summed E-state index contributed by atoms with van der Waals surface area (Å²) in [6, 6.07) is 4.48. The van der Waals surface area contributed by atoms with Gasteiger partial charge in [-0.25, -0.2) is 18.4 Å². The Labute approximate surface area is 153 Å². The summed E-state index contributed by atoms with van der Waals surface area (Å²) in [6.45, 7) is 0. The second kappa shape index (κ2) is 6.54. The minimum atomic E-state index is -3.10. The van der Waals surface area contributed by atoms with E-state index < -0.39 is 9.84 Å². The van der Waals surface area contributed by atoms with Crippen molar-refractivity contribution in [1.29, 1.82) is 5.26 Å². The van der Waals surface area contributed by atoms with Crippen molar-refractivity contribution in [2.75, 3.05) is 17.7 Å². The molecule has 2 aliphatic carbocycles. The summed E-state index contributed by atoms with van der Waals surface area (Å²) in [5.41, 5.74) is 0.814. The van der Waals surface area contributed by atoms with Crippen molar-refractivity contribution in [1.82, 2.24) is 15.0 Å². The van der Waals surface area contributed by atoms with Gasteiger partial charge in [0, 0.05) is 25.2 Å². The van der Waals surface area contributed by atoms with Crippen molar-refractivity contribution in [3.05, 3.63) is 18.6 Å². The monoisotopic (exact) mass is 373 g/mol. The zero-order chi connectivity index (χ0) is 18.3. The fourth-order valence-corrected chi connectivity index (χ4v) is 6.54. The number of H-pyrrole nitrogens is 1. The number of sulfone groups is 1. The van der Waals surface area contributed by atoms with Crippen LogP contribution in [0.25, 0.3) is 11.0 Å². The lowest BCUT2D eigenvalue weighted by atomic mass is 9.81. The van der Waals surface area contributed by atoms with Crippen LogP contribution < -0.4 is 4.90 Å². The van der Waals surface area contributed by atoms with E-state index in [9.17, 15) is 8.42 Å². The third-order valence-electron chi connectivity index (χ3n) is 5.97. The summed E-state index contributed by atoms with van der Waals surface area (Å²) in [5.74, 6) is 1.26. The predicted octanol–water partition coefficient (Wildman–Crippen LogP) is 2.28. The van der Waals surface area contributed by atoms with E-state index in [0.29, 0.717) is 18.9 Å². The van der Waals surface area contributed by atoms with Gasteiger partial charge in [0.25, 0.3) is 0 Å². The van der Waals surface area contributed by atoms with E-state index in [1.807, 2.05) is 19.3 Å². The first-order valence-corrected chi connectivity index (χ1v) is 10.8. The fraction of sp³-hybridized carbons (Fsp3) is 0.611. The number of aromatic nitrogens is 3. The van der Waals surface area contributed by atoms with Gasteiger partial charge in [0.05, 0.1) is 22.5 Å². The molecular formula is C18H23N5O2S. The average Bonchev–Trinajstić information content (AvgIpc) is 3.25. The molecule has 1 N–H and O–H groups in total. The fourth-order valence-electron chi connectivity index (χ4n) is 4.31. The number of anilines is 1. The van der Waals surface area contributed by atoms with Crippen LogP contribution in [0.15, 0.2) is 18.6 Å². The average molecular weight is 373 g/mol. The van der Waals surface area contributed by atoms with Crippen LogP contribution in [0.4, 0.5) is 5.82 Å². The molecule has 2 aromatic rings. The highest BCUT2D eigenvalue weighted by Gasteiger charge is 2.40. The Morgan fingerprint density at radius 1 is 1.31 bits per heavy atom. The first kappa shape index (κ1) is 17.3. The minimum absolute atomic E-state index is 0.0865. The van der Waals surface area contributed by atoms with E-state index in [4.69, 9.17) is 5.26 Å². The zero-order valence-corrected chi connectivity index (χ0v) is 15.6. The van der Waals surface area contributed by atoms with Gasteiger partial charge in [0.15, 0.2) is 9.84 Å². The number of aromatic amines is 1. The van der Waals surface area contributed by atoms with E-state index in [1.165, 1.54) is 0 Å². The maximum atomic E-state index is 12.6. The molecule has 138 valence electrons. The first-order valence-electron chi connectivity index (χ1n) is 9.10. The van der Waals surface area contributed by atoms with Gasteiger partial charge in [0.1, 0.15) is 17.8 Å². The lowest BCUT2D eigenvalue weighted by Crippen LogP contribution is -2.46. The zero-order valence-electron chi connectivity index (χ0n) is 14.8. The first-order chi connectivity index (χ1) is 12.5. The van der Waals surface area contributed by atoms with Crippen molar-refractivity contribution >= 4 is 26.7 Å². The Bertz CT molecular complexity index is 942. The molecule has 0 saturated heterocycles. The minimum Gasteiger partial charge on any atom is -0.356 e. The predicted molar refractivity (Wildman–Crippen MR) is 99.3 cm³/mol. The third kappa shape index (κ3) is 3.05. The number of nitrogens with zero attached hydrogens (tertiary/aromatic N) is 4. The van der Waals surface area contributed by atoms with E-state index in [1.54, 1.807) is 6.33 Å². The second-order valence-electron chi connectivity index (χ2n) is 7.63. The maximum absolute atomic E-state index is 12.6. The number of hydrogen-bond acceptors (Lipinski definition) is 6. The van der Waals surface area contributed by atoms with E-state index in [2.05, 4.69) is 25.9 Å². The highest BCUT2D eigenvalue weighted by molar-refractivity contribution is 7.92. The normalized spacial score (nSPS) is 28.6. The molecule has 0 radical (unpaired) electrons. The summed E-state index contributed by atoms with van der Waals surface area (Å²) in [7, 11) is -1.09. The van der Waals surface area contributed by atoms with Crippen molar-refractivity contribution in [2.24, 2.45) is 11.8 Å². The van der Waals surface area contributed by atoms with Crippen LogP contribution in [0.1, 0.15) is 32.1 Å². The molecule has 2 fully saturated rings. The summed E-state index contributed by atoms with van der Waals surface area (Å²) in [5, 5.41) is 9.66. The molecule has 8 heteroatoms. The lowest BCUT2D eigenvalue weighted by molar-refractivity contribution is 0.281. The maximum Gasteiger partial charge on any atom is 0.153 e. The Kier molecular flexibility index (Phi) is 4.35. The van der Waals surface area contributed by atoms with Crippen LogP contribution in [0.2, 0.25) is 0 Å². The van der Waals surface area contributed by atoms with Crippen LogP contribution >= 0.6 is 0 Å². The van der Waals surface area contributed by atoms with Gasteiger partial charge >= 0.3 is 0 Å². The van der Waals surface area contributed by atoms with E-state index >= 15 is 0 Å². The van der Waals surface area contributed by atoms with Crippen LogP contribution in [0.3, 0.4) is 0 Å². The van der Waals surface area contributed by atoms with Crippen LogP contribution in [0, 0.1) is 23.2 Å². The Morgan fingerprint density at radius 3 is 2.85 bits per heavy atom. The molecule has 2 atom stereocenters. The summed E-state index contributed by atoms with van der Waals surface area (Å²) in [6.07, 6.45) is 7.00. The second-order valence-corrected chi connectivity index (χ2v) is 9.96. The standard InChI is InChI=1S/C18H23N5O2S/c1-23(18-16-4-5-20-17(16)21-11-22-18)14-6-13(7-14)10-26(24,25)15-3-2-12(8-15)9-19/h4-5,11-15H,2-3,6-8,10H2,1H3,(H,20,21,22)/t12?,13-,14+,15-/m1/s1. The van der Waals surface area contributed by atoms with Crippen LogP contribution in [0.5, 0.6) is 0 Å². The largest absolute Gasteiger partial charge is 0.356 e. The third-order valence-corrected chi connectivity index (χ3v) is 8.35. The van der Waals surface area contributed by atoms with Crippen LogP contribution in [-0.4, -0.2) is 47.5 Å². The topological polar surface area (TPSA) is 103 Å². The quantitative estimate of drug-likeness (QED) is 0.862. The molecule has 0 aromatic carbocycles. The molecule has 26 heavy (non-hydrogen) atoms. The van der Waals surface area contributed by atoms with Gasteiger partial charge in [-0.1, -0.05) is 0 Å². The Balaban J connectivity index is 1.37. The summed E-state index contributed by atoms with van der Waals surface area (Å²) in [4.78, 5) is 13.9. The molecular weight excluding hydrogens is 350 g/mol. The number of nitriles is 1. The summed E-state index contributed by atoms with van der Waals surface area (Å²) >= 11 is 0. The van der Waals surface area contributed by atoms with Gasteiger partial charge in [-0.15, -0.1) is 0 Å². The van der Waals surface area contributed by atoms with Gasteiger partial charge < -0.3 is 9.88 Å². The molecule has 1 unspecified atom stereocenters. The molecule has 2 aliphatic rings. The number of hydrogen-bond donors (Lipinski definition) is 1. The molecule has 0 aliphatic heterocycles. The highest BCUT2D eigenvalue weighted by atomic mass is 32.2. The molecule has 2 aromatic heterocycles.